The third-order valence-electron chi connectivity index (χ3n) is 11.9. The first kappa shape index (κ1) is 38.0. The van der Waals surface area contributed by atoms with Crippen LogP contribution in [0.1, 0.15) is 0 Å². The molecule has 11 rings (SSSR count). The highest BCUT2D eigenvalue weighted by molar-refractivity contribution is 7.26. The maximum absolute atomic E-state index is 2.44. The fraction of sp³-hybridized carbons (Fsp3) is 0. The highest BCUT2D eigenvalue weighted by atomic mass is 32.1. The lowest BCUT2D eigenvalue weighted by atomic mass is 9.99. The normalized spacial score (nSPS) is 11.2. The summed E-state index contributed by atoms with van der Waals surface area (Å²) in [7, 11) is 0. The van der Waals surface area contributed by atoms with Crippen molar-refractivity contribution in [2.45, 2.75) is 0 Å². The van der Waals surface area contributed by atoms with E-state index in [2.05, 4.69) is 265 Å². The number of benzene rings is 10. The van der Waals surface area contributed by atoms with Crippen molar-refractivity contribution >= 4 is 65.6 Å². The molecule has 0 fully saturated rings. The lowest BCUT2D eigenvalue weighted by Gasteiger charge is -2.29. The Kier molecular flexibility index (Phi) is 10.1. The minimum Gasteiger partial charge on any atom is -0.310 e. The van der Waals surface area contributed by atoms with E-state index in [0.717, 1.165) is 45.3 Å². The van der Waals surface area contributed by atoms with Crippen LogP contribution in [-0.2, 0) is 0 Å². The van der Waals surface area contributed by atoms with Crippen molar-refractivity contribution < 1.29 is 0 Å². The Labute approximate surface area is 372 Å². The number of nitrogens with zero attached hydrogens (tertiary/aromatic N) is 2. The van der Waals surface area contributed by atoms with Gasteiger partial charge >= 0.3 is 0 Å². The topological polar surface area (TPSA) is 6.48 Å². The van der Waals surface area contributed by atoms with Crippen LogP contribution in [0.25, 0.3) is 64.7 Å². The van der Waals surface area contributed by atoms with Gasteiger partial charge in [-0.15, -0.1) is 11.3 Å². The molecular formula is C60H42N2S. The van der Waals surface area contributed by atoms with E-state index in [0.29, 0.717) is 0 Å². The first-order valence-electron chi connectivity index (χ1n) is 21.4. The number of anilines is 6. The second kappa shape index (κ2) is 16.8. The molecule has 0 amide bonds. The largest absolute Gasteiger partial charge is 0.310 e. The Bertz CT molecular complexity index is 3220. The van der Waals surface area contributed by atoms with Crippen LogP contribution in [0.15, 0.2) is 255 Å². The zero-order valence-electron chi connectivity index (χ0n) is 34.6. The Hall–Kier alpha value is -7.98. The summed E-state index contributed by atoms with van der Waals surface area (Å²) in [5.74, 6) is 0. The number of rotatable bonds is 10. The number of hydrogen-bond donors (Lipinski definition) is 0. The molecule has 0 saturated heterocycles. The summed E-state index contributed by atoms with van der Waals surface area (Å²) in [6, 6.07) is 92.0. The van der Waals surface area contributed by atoms with Gasteiger partial charge in [0, 0.05) is 48.5 Å². The Morgan fingerprint density at radius 1 is 0.254 bits per heavy atom. The van der Waals surface area contributed by atoms with Crippen LogP contribution in [0.2, 0.25) is 0 Å². The van der Waals surface area contributed by atoms with Crippen molar-refractivity contribution in [3.05, 3.63) is 255 Å². The van der Waals surface area contributed by atoms with Crippen LogP contribution < -0.4 is 9.80 Å². The molecule has 0 saturated carbocycles. The van der Waals surface area contributed by atoms with Crippen molar-refractivity contribution in [1.29, 1.82) is 0 Å². The van der Waals surface area contributed by atoms with Gasteiger partial charge in [0.25, 0.3) is 0 Å². The van der Waals surface area contributed by atoms with Gasteiger partial charge in [0.15, 0.2) is 0 Å². The van der Waals surface area contributed by atoms with Gasteiger partial charge in [-0.2, -0.15) is 0 Å². The smallest absolute Gasteiger partial charge is 0.0554 e. The van der Waals surface area contributed by atoms with E-state index in [1.165, 1.54) is 53.6 Å². The molecule has 2 nitrogen and oxygen atoms in total. The first-order valence-corrected chi connectivity index (χ1v) is 22.2. The van der Waals surface area contributed by atoms with Crippen LogP contribution in [0.5, 0.6) is 0 Å². The third-order valence-corrected chi connectivity index (χ3v) is 13.0. The van der Waals surface area contributed by atoms with Crippen molar-refractivity contribution in [3.63, 3.8) is 0 Å². The molecule has 0 unspecified atom stereocenters. The molecule has 0 radical (unpaired) electrons. The van der Waals surface area contributed by atoms with Crippen molar-refractivity contribution in [3.8, 4) is 44.5 Å². The van der Waals surface area contributed by atoms with E-state index < -0.39 is 0 Å². The fourth-order valence-corrected chi connectivity index (χ4v) is 9.95. The number of para-hydroxylation sites is 1. The predicted molar refractivity (Wildman–Crippen MR) is 270 cm³/mol. The molecule has 1 heterocycles. The highest BCUT2D eigenvalue weighted by Crippen LogP contribution is 2.47. The van der Waals surface area contributed by atoms with Crippen LogP contribution in [0.3, 0.4) is 0 Å². The van der Waals surface area contributed by atoms with Crippen molar-refractivity contribution in [2.24, 2.45) is 0 Å². The van der Waals surface area contributed by atoms with Crippen LogP contribution in [0.4, 0.5) is 34.1 Å². The minimum atomic E-state index is 1.09. The molecular weight excluding hydrogens is 781 g/mol. The summed E-state index contributed by atoms with van der Waals surface area (Å²) >= 11 is 1.85. The molecule has 0 spiro atoms. The summed E-state index contributed by atoms with van der Waals surface area (Å²) < 4.78 is 2.56. The standard InChI is InChI=1S/C60H42N2S/c1-4-16-43(17-5-1)46-30-36-50(37-31-46)61(51-38-32-47(33-39-51)44-18-6-2-7-19-44)56-26-12-10-24-54(56)49-22-14-23-53(42-49)62(52-40-34-48(35-41-52)45-20-8-3-9-21-45)57-27-15-29-59-60(57)55-25-11-13-28-58(55)63-59/h1-42H. The first-order chi connectivity index (χ1) is 31.2. The van der Waals surface area contributed by atoms with Gasteiger partial charge in [0.1, 0.15) is 0 Å². The molecule has 63 heavy (non-hydrogen) atoms. The second-order valence-electron chi connectivity index (χ2n) is 15.7. The highest BCUT2D eigenvalue weighted by Gasteiger charge is 2.21. The predicted octanol–water partition coefficient (Wildman–Crippen LogP) is 17.7. The zero-order chi connectivity index (χ0) is 42.0. The van der Waals surface area contributed by atoms with Crippen molar-refractivity contribution in [1.82, 2.24) is 0 Å². The molecule has 1 aromatic heterocycles. The molecule has 0 bridgehead atoms. The van der Waals surface area contributed by atoms with Gasteiger partial charge in [-0.3, -0.25) is 0 Å². The summed E-state index contributed by atoms with van der Waals surface area (Å²) in [6.07, 6.45) is 0. The van der Waals surface area contributed by atoms with Crippen LogP contribution >= 0.6 is 11.3 Å². The maximum Gasteiger partial charge on any atom is 0.0554 e. The van der Waals surface area contributed by atoms with Gasteiger partial charge in [0.2, 0.25) is 0 Å². The Balaban J connectivity index is 1.06. The van der Waals surface area contributed by atoms with Crippen molar-refractivity contribution in [2.75, 3.05) is 9.80 Å². The molecule has 0 aliphatic carbocycles. The van der Waals surface area contributed by atoms with E-state index in [1.807, 2.05) is 11.3 Å². The molecule has 298 valence electrons. The summed E-state index contributed by atoms with van der Waals surface area (Å²) in [5.41, 5.74) is 16.0. The van der Waals surface area contributed by atoms with Gasteiger partial charge in [-0.05, 0) is 112 Å². The van der Waals surface area contributed by atoms with E-state index in [4.69, 9.17) is 0 Å². The zero-order valence-corrected chi connectivity index (χ0v) is 35.4. The summed E-state index contributed by atoms with van der Waals surface area (Å²) in [6.45, 7) is 0. The molecule has 3 heteroatoms. The van der Waals surface area contributed by atoms with Gasteiger partial charge in [-0.25, -0.2) is 0 Å². The number of fused-ring (bicyclic) bond motifs is 3. The fourth-order valence-electron chi connectivity index (χ4n) is 8.82. The van der Waals surface area contributed by atoms with E-state index >= 15 is 0 Å². The average molecular weight is 823 g/mol. The van der Waals surface area contributed by atoms with Gasteiger partial charge in [-0.1, -0.05) is 182 Å². The second-order valence-corrected chi connectivity index (χ2v) is 16.8. The molecule has 0 aliphatic heterocycles. The SMILES string of the molecule is c1ccc(-c2ccc(N(c3ccc(-c4ccccc4)cc3)c3ccccc3-c3cccc(N(c4ccc(-c5ccccc5)cc4)c4cccc5sc6ccccc6c45)c3)cc2)cc1. The molecule has 0 N–H and O–H groups in total. The van der Waals surface area contributed by atoms with Crippen LogP contribution in [-0.4, -0.2) is 0 Å². The monoisotopic (exact) mass is 822 g/mol. The third kappa shape index (κ3) is 7.46. The average Bonchev–Trinajstić information content (AvgIpc) is 3.76. The molecule has 10 aromatic carbocycles. The molecule has 0 aliphatic rings. The summed E-state index contributed by atoms with van der Waals surface area (Å²) in [5, 5.41) is 2.54. The Morgan fingerprint density at radius 2 is 0.651 bits per heavy atom. The number of thiophene rings is 1. The van der Waals surface area contributed by atoms with E-state index in [1.54, 1.807) is 0 Å². The van der Waals surface area contributed by atoms with Gasteiger partial charge in [0.05, 0.1) is 11.4 Å². The van der Waals surface area contributed by atoms with Crippen LogP contribution in [0, 0.1) is 0 Å². The lowest BCUT2D eigenvalue weighted by molar-refractivity contribution is 1.28. The maximum atomic E-state index is 2.44. The quantitative estimate of drug-likeness (QED) is 0.136. The van der Waals surface area contributed by atoms with E-state index in [9.17, 15) is 0 Å². The molecule has 11 aromatic rings. The minimum absolute atomic E-state index is 1.09. The molecule has 0 atom stereocenters. The van der Waals surface area contributed by atoms with E-state index in [-0.39, 0.29) is 0 Å². The van der Waals surface area contributed by atoms with Gasteiger partial charge < -0.3 is 9.80 Å². The lowest BCUT2D eigenvalue weighted by Crippen LogP contribution is -2.12. The Morgan fingerprint density at radius 3 is 1.21 bits per heavy atom. The summed E-state index contributed by atoms with van der Waals surface area (Å²) in [4.78, 5) is 4.83. The number of hydrogen-bond acceptors (Lipinski definition) is 3.